The molecule has 0 amide bonds. The molecule has 1 aromatic heterocycles. The van der Waals surface area contributed by atoms with Gasteiger partial charge < -0.3 is 14.5 Å². The van der Waals surface area contributed by atoms with Gasteiger partial charge in [0.25, 0.3) is 0 Å². The van der Waals surface area contributed by atoms with Crippen molar-refractivity contribution in [2.75, 3.05) is 6.61 Å². The van der Waals surface area contributed by atoms with Crippen LogP contribution in [0.5, 0.6) is 0 Å². The van der Waals surface area contributed by atoms with Gasteiger partial charge in [-0.1, -0.05) is 6.42 Å². The third-order valence-corrected chi connectivity index (χ3v) is 5.65. The first-order valence-electron chi connectivity index (χ1n) is 7.65. The highest BCUT2D eigenvalue weighted by Gasteiger charge is 2.66. The van der Waals surface area contributed by atoms with Gasteiger partial charge in [0, 0.05) is 24.0 Å². The van der Waals surface area contributed by atoms with Crippen molar-refractivity contribution in [2.24, 2.45) is 11.3 Å². The minimum Gasteiger partial charge on any atom is -0.465 e. The summed E-state index contributed by atoms with van der Waals surface area (Å²) in [7, 11) is 0. The first kappa shape index (κ1) is 12.0. The zero-order valence-corrected chi connectivity index (χ0v) is 11.8. The average Bonchev–Trinajstić information content (AvgIpc) is 2.91. The van der Waals surface area contributed by atoms with Crippen molar-refractivity contribution in [3.8, 4) is 0 Å². The van der Waals surface area contributed by atoms with Crippen LogP contribution in [0.15, 0.2) is 16.5 Å². The maximum atomic E-state index is 5.97. The van der Waals surface area contributed by atoms with E-state index in [4.69, 9.17) is 9.15 Å². The highest BCUT2D eigenvalue weighted by molar-refractivity contribution is 5.20. The SMILES string of the molecule is Cc1ccc([C@H](C)N[C@@H]2[C@H]3CCO[C@H]3C23CCC3)o1. The zero-order chi connectivity index (χ0) is 13.0. The predicted molar refractivity (Wildman–Crippen MR) is 72.9 cm³/mol. The van der Waals surface area contributed by atoms with Gasteiger partial charge in [-0.3, -0.25) is 0 Å². The average molecular weight is 261 g/mol. The van der Waals surface area contributed by atoms with Crippen molar-refractivity contribution in [3.05, 3.63) is 23.7 Å². The van der Waals surface area contributed by atoms with Gasteiger partial charge in [0.2, 0.25) is 0 Å². The Morgan fingerprint density at radius 1 is 1.37 bits per heavy atom. The molecule has 1 spiro atoms. The van der Waals surface area contributed by atoms with Crippen LogP contribution in [0, 0.1) is 18.3 Å². The first-order valence-corrected chi connectivity index (χ1v) is 7.65. The van der Waals surface area contributed by atoms with Gasteiger partial charge in [-0.2, -0.15) is 0 Å². The summed E-state index contributed by atoms with van der Waals surface area (Å²) in [5, 5.41) is 3.84. The third-order valence-electron chi connectivity index (χ3n) is 5.65. The molecule has 2 aliphatic carbocycles. The van der Waals surface area contributed by atoms with Crippen LogP contribution in [0.4, 0.5) is 0 Å². The van der Waals surface area contributed by atoms with E-state index in [9.17, 15) is 0 Å². The summed E-state index contributed by atoms with van der Waals surface area (Å²) in [6.45, 7) is 5.19. The number of rotatable bonds is 3. The number of furan rings is 1. The molecule has 0 radical (unpaired) electrons. The molecule has 1 saturated heterocycles. The zero-order valence-electron chi connectivity index (χ0n) is 11.8. The minimum absolute atomic E-state index is 0.303. The molecule has 4 rings (SSSR count). The lowest BCUT2D eigenvalue weighted by molar-refractivity contribution is -0.178. The summed E-state index contributed by atoms with van der Waals surface area (Å²) >= 11 is 0. The van der Waals surface area contributed by atoms with E-state index in [0.717, 1.165) is 24.0 Å². The Morgan fingerprint density at radius 3 is 2.84 bits per heavy atom. The predicted octanol–water partition coefficient (Wildman–Crippen LogP) is 3.20. The van der Waals surface area contributed by atoms with Crippen molar-refractivity contribution in [1.29, 1.82) is 0 Å². The molecule has 3 fully saturated rings. The lowest BCUT2D eigenvalue weighted by Crippen LogP contribution is -2.71. The fraction of sp³-hybridized carbons (Fsp3) is 0.750. The van der Waals surface area contributed by atoms with Crippen LogP contribution in [0.3, 0.4) is 0 Å². The van der Waals surface area contributed by atoms with E-state index in [1.807, 2.05) is 6.92 Å². The second-order valence-electron chi connectivity index (χ2n) is 6.65. The van der Waals surface area contributed by atoms with Crippen LogP contribution in [0.25, 0.3) is 0 Å². The van der Waals surface area contributed by atoms with Crippen molar-refractivity contribution >= 4 is 0 Å². The Kier molecular flexibility index (Phi) is 2.58. The lowest BCUT2D eigenvalue weighted by Gasteiger charge is -2.64. The molecule has 0 unspecified atom stereocenters. The van der Waals surface area contributed by atoms with Crippen molar-refractivity contribution in [3.63, 3.8) is 0 Å². The van der Waals surface area contributed by atoms with Gasteiger partial charge in [-0.15, -0.1) is 0 Å². The molecule has 104 valence electrons. The molecule has 1 N–H and O–H groups in total. The fourth-order valence-corrected chi connectivity index (χ4v) is 4.53. The summed E-state index contributed by atoms with van der Waals surface area (Å²) < 4.78 is 11.7. The second kappa shape index (κ2) is 4.10. The van der Waals surface area contributed by atoms with Gasteiger partial charge in [-0.05, 0) is 45.2 Å². The summed E-state index contributed by atoms with van der Waals surface area (Å²) in [6, 6.07) is 5.09. The maximum absolute atomic E-state index is 5.97. The molecule has 1 aliphatic heterocycles. The van der Waals surface area contributed by atoms with E-state index in [1.165, 1.54) is 25.7 Å². The molecule has 3 aliphatic rings. The Bertz CT molecular complexity index is 477. The number of hydrogen-bond donors (Lipinski definition) is 1. The second-order valence-corrected chi connectivity index (χ2v) is 6.65. The topological polar surface area (TPSA) is 34.4 Å². The Morgan fingerprint density at radius 2 is 2.21 bits per heavy atom. The normalized spacial score (nSPS) is 36.6. The first-order chi connectivity index (χ1) is 9.21. The van der Waals surface area contributed by atoms with E-state index < -0.39 is 0 Å². The summed E-state index contributed by atoms with van der Waals surface area (Å²) in [5.74, 6) is 2.80. The van der Waals surface area contributed by atoms with E-state index >= 15 is 0 Å². The smallest absolute Gasteiger partial charge is 0.120 e. The van der Waals surface area contributed by atoms with Gasteiger partial charge in [-0.25, -0.2) is 0 Å². The van der Waals surface area contributed by atoms with Crippen LogP contribution in [0.2, 0.25) is 0 Å². The molecule has 3 heteroatoms. The minimum atomic E-state index is 0.303. The van der Waals surface area contributed by atoms with Gasteiger partial charge >= 0.3 is 0 Å². The number of hydrogen-bond acceptors (Lipinski definition) is 3. The van der Waals surface area contributed by atoms with E-state index in [-0.39, 0.29) is 0 Å². The number of nitrogens with one attached hydrogen (secondary N) is 1. The fourth-order valence-electron chi connectivity index (χ4n) is 4.53. The van der Waals surface area contributed by atoms with Crippen molar-refractivity contribution in [2.45, 2.75) is 57.7 Å². The third kappa shape index (κ3) is 1.58. The van der Waals surface area contributed by atoms with Crippen LogP contribution in [0.1, 0.15) is 50.2 Å². The van der Waals surface area contributed by atoms with Gasteiger partial charge in [0.1, 0.15) is 11.5 Å². The molecule has 0 bridgehead atoms. The molecule has 2 heterocycles. The quantitative estimate of drug-likeness (QED) is 0.907. The Balaban J connectivity index is 1.50. The van der Waals surface area contributed by atoms with Crippen molar-refractivity contribution in [1.82, 2.24) is 5.32 Å². The molecule has 0 aromatic carbocycles. The largest absolute Gasteiger partial charge is 0.465 e. The standard InChI is InChI=1S/C16H23NO2/c1-10-4-5-13(19-10)11(2)17-14-12-6-9-18-15(12)16(14)7-3-8-16/h4-5,11-12,14-15,17H,3,6-9H2,1-2H3/t11-,12+,14+,15+/m0/s1. The number of ether oxygens (including phenoxy) is 1. The van der Waals surface area contributed by atoms with Crippen LogP contribution >= 0.6 is 0 Å². The summed E-state index contributed by atoms with van der Waals surface area (Å²) in [5.41, 5.74) is 0.455. The van der Waals surface area contributed by atoms with Crippen LogP contribution in [-0.4, -0.2) is 18.8 Å². The highest BCUT2D eigenvalue weighted by atomic mass is 16.5. The molecule has 1 aromatic rings. The molecular weight excluding hydrogens is 238 g/mol. The number of fused-ring (bicyclic) bond motifs is 2. The van der Waals surface area contributed by atoms with Crippen LogP contribution in [-0.2, 0) is 4.74 Å². The van der Waals surface area contributed by atoms with Gasteiger partial charge in [0.05, 0.1) is 12.1 Å². The molecule has 2 saturated carbocycles. The molecular formula is C16H23NO2. The molecule has 19 heavy (non-hydrogen) atoms. The van der Waals surface area contributed by atoms with E-state index in [2.05, 4.69) is 24.4 Å². The Labute approximate surface area is 114 Å². The molecule has 3 nitrogen and oxygen atoms in total. The van der Waals surface area contributed by atoms with Crippen molar-refractivity contribution < 1.29 is 9.15 Å². The monoisotopic (exact) mass is 261 g/mol. The van der Waals surface area contributed by atoms with Crippen LogP contribution < -0.4 is 5.32 Å². The summed E-state index contributed by atoms with van der Waals surface area (Å²) in [6.07, 6.45) is 5.84. The van der Waals surface area contributed by atoms with E-state index in [0.29, 0.717) is 23.6 Å². The Hall–Kier alpha value is -0.800. The van der Waals surface area contributed by atoms with Gasteiger partial charge in [0.15, 0.2) is 0 Å². The highest BCUT2D eigenvalue weighted by Crippen LogP contribution is 2.63. The maximum Gasteiger partial charge on any atom is 0.120 e. The molecule has 4 atom stereocenters. The summed E-state index contributed by atoms with van der Waals surface area (Å²) in [4.78, 5) is 0. The lowest BCUT2D eigenvalue weighted by atomic mass is 9.46. The van der Waals surface area contributed by atoms with E-state index in [1.54, 1.807) is 0 Å². The number of aryl methyl sites for hydroxylation is 1.